The van der Waals surface area contributed by atoms with Crippen LogP contribution < -0.4 is 11.3 Å². The maximum absolute atomic E-state index is 5.69. The van der Waals surface area contributed by atoms with Crippen molar-refractivity contribution in [3.63, 3.8) is 0 Å². The minimum Gasteiger partial charge on any atom is -0.271 e. The van der Waals surface area contributed by atoms with Gasteiger partial charge in [-0.2, -0.15) is 0 Å². The normalized spacial score (nSPS) is 18.6. The van der Waals surface area contributed by atoms with Gasteiger partial charge in [0, 0.05) is 17.8 Å². The average molecular weight is 251 g/mol. The number of nitrogens with two attached hydrogens (primary N) is 1. The molecule has 1 heterocycles. The van der Waals surface area contributed by atoms with Gasteiger partial charge in [0.05, 0.1) is 10.7 Å². The summed E-state index contributed by atoms with van der Waals surface area (Å²) in [5.74, 6) is 5.69. The lowest BCUT2D eigenvalue weighted by Gasteiger charge is -2.18. The molecule has 94 valence electrons. The quantitative estimate of drug-likeness (QED) is 0.491. The van der Waals surface area contributed by atoms with E-state index in [-0.39, 0.29) is 6.04 Å². The van der Waals surface area contributed by atoms with E-state index in [1.165, 1.54) is 37.7 Å². The average Bonchev–Trinajstić information content (AvgIpc) is 2.58. The van der Waals surface area contributed by atoms with E-state index in [0.717, 1.165) is 17.1 Å². The largest absolute Gasteiger partial charge is 0.271 e. The summed E-state index contributed by atoms with van der Waals surface area (Å²) in [6.45, 7) is 2.05. The molecule has 0 aromatic carbocycles. The first-order valence-corrected chi connectivity index (χ1v) is 7.23. The van der Waals surface area contributed by atoms with Crippen LogP contribution in [0.25, 0.3) is 0 Å². The lowest BCUT2D eigenvalue weighted by Crippen LogP contribution is -2.38. The zero-order valence-electron chi connectivity index (χ0n) is 10.4. The molecule has 2 rings (SSSR count). The van der Waals surface area contributed by atoms with E-state index in [1.54, 1.807) is 11.3 Å². The molecule has 3 N–H and O–H groups in total. The van der Waals surface area contributed by atoms with Gasteiger partial charge in [-0.05, 0) is 32.6 Å². The van der Waals surface area contributed by atoms with Crippen molar-refractivity contribution < 1.29 is 0 Å². The molecule has 0 fully saturated rings. The van der Waals surface area contributed by atoms with E-state index >= 15 is 0 Å². The second-order valence-electron chi connectivity index (χ2n) is 4.66. The number of nitrogens with zero attached hydrogens (tertiary/aromatic N) is 1. The first-order chi connectivity index (χ1) is 8.29. The van der Waals surface area contributed by atoms with E-state index < -0.39 is 0 Å². The topological polar surface area (TPSA) is 50.9 Å². The fourth-order valence-electron chi connectivity index (χ4n) is 2.36. The van der Waals surface area contributed by atoms with Crippen molar-refractivity contribution >= 4 is 11.3 Å². The summed E-state index contributed by atoms with van der Waals surface area (Å²) in [5, 5.41) is 3.27. The monoisotopic (exact) mass is 251 g/mol. The number of thiazole rings is 1. The molecule has 1 unspecified atom stereocenters. The lowest BCUT2D eigenvalue weighted by atomic mass is 9.99. The summed E-state index contributed by atoms with van der Waals surface area (Å²) >= 11 is 1.71. The zero-order chi connectivity index (χ0) is 12.1. The minimum atomic E-state index is 0.259. The maximum atomic E-state index is 5.69. The number of hydrazine groups is 1. The summed E-state index contributed by atoms with van der Waals surface area (Å²) in [5.41, 5.74) is 5.58. The smallest absolute Gasteiger partial charge is 0.0897 e. The predicted molar refractivity (Wildman–Crippen MR) is 72.8 cm³/mol. The maximum Gasteiger partial charge on any atom is 0.0897 e. The van der Waals surface area contributed by atoms with Crippen molar-refractivity contribution in [2.75, 3.05) is 0 Å². The molecule has 0 bridgehead atoms. The molecule has 0 saturated carbocycles. The van der Waals surface area contributed by atoms with Crippen molar-refractivity contribution in [1.82, 2.24) is 10.4 Å². The summed E-state index contributed by atoms with van der Waals surface area (Å²) in [7, 11) is 0. The second-order valence-corrected chi connectivity index (χ2v) is 5.72. The minimum absolute atomic E-state index is 0.259. The van der Waals surface area contributed by atoms with Crippen molar-refractivity contribution in [1.29, 1.82) is 0 Å². The molecular formula is C13H21N3S. The van der Waals surface area contributed by atoms with Crippen LogP contribution in [0, 0.1) is 6.92 Å². The molecule has 0 spiro atoms. The van der Waals surface area contributed by atoms with Crippen LogP contribution in [0.15, 0.2) is 17.0 Å². The van der Waals surface area contributed by atoms with E-state index in [1.807, 2.05) is 6.92 Å². The molecule has 0 radical (unpaired) electrons. The number of aryl methyl sites for hydroxylation is 1. The van der Waals surface area contributed by atoms with Gasteiger partial charge in [-0.15, -0.1) is 11.3 Å². The fourth-order valence-corrected chi connectivity index (χ4v) is 2.99. The molecule has 1 aliphatic carbocycles. The first-order valence-electron chi connectivity index (χ1n) is 6.35. The van der Waals surface area contributed by atoms with Crippen molar-refractivity contribution in [2.24, 2.45) is 5.84 Å². The third-order valence-electron chi connectivity index (χ3n) is 3.30. The molecule has 1 atom stereocenters. The van der Waals surface area contributed by atoms with Gasteiger partial charge < -0.3 is 0 Å². The van der Waals surface area contributed by atoms with Crippen molar-refractivity contribution in [3.05, 3.63) is 27.7 Å². The number of hydrogen-bond acceptors (Lipinski definition) is 4. The number of hydrogen-bond donors (Lipinski definition) is 2. The third-order valence-corrected chi connectivity index (χ3v) is 4.13. The highest BCUT2D eigenvalue weighted by Crippen LogP contribution is 2.22. The van der Waals surface area contributed by atoms with Crippen LogP contribution in [0.4, 0.5) is 0 Å². The van der Waals surface area contributed by atoms with Gasteiger partial charge in [-0.25, -0.2) is 4.98 Å². The molecular weight excluding hydrogens is 230 g/mol. The van der Waals surface area contributed by atoms with Crippen LogP contribution in [0.5, 0.6) is 0 Å². The van der Waals surface area contributed by atoms with Crippen LogP contribution in [-0.2, 0) is 6.42 Å². The third kappa shape index (κ3) is 3.63. The molecule has 17 heavy (non-hydrogen) atoms. The zero-order valence-corrected chi connectivity index (χ0v) is 11.2. The number of rotatable bonds is 4. The Kier molecular flexibility index (Phi) is 4.71. The van der Waals surface area contributed by atoms with Crippen LogP contribution in [0.2, 0.25) is 0 Å². The van der Waals surface area contributed by atoms with Gasteiger partial charge in [0.2, 0.25) is 0 Å². The van der Waals surface area contributed by atoms with E-state index in [0.29, 0.717) is 0 Å². The molecule has 0 aliphatic heterocycles. The molecule has 0 saturated heterocycles. The number of aromatic nitrogens is 1. The SMILES string of the molecule is Cc1nc(CC(NN)C2=CCCCCC2)cs1. The Morgan fingerprint density at radius 3 is 3.06 bits per heavy atom. The lowest BCUT2D eigenvalue weighted by molar-refractivity contribution is 0.559. The highest BCUT2D eigenvalue weighted by molar-refractivity contribution is 7.09. The molecule has 0 amide bonds. The Morgan fingerprint density at radius 1 is 1.47 bits per heavy atom. The fraction of sp³-hybridized carbons (Fsp3) is 0.615. The van der Waals surface area contributed by atoms with E-state index in [2.05, 4.69) is 21.9 Å². The van der Waals surface area contributed by atoms with Gasteiger partial charge in [0.15, 0.2) is 0 Å². The summed E-state index contributed by atoms with van der Waals surface area (Å²) in [4.78, 5) is 4.51. The molecule has 1 aromatic rings. The first kappa shape index (κ1) is 12.7. The Hall–Kier alpha value is -0.710. The van der Waals surface area contributed by atoms with Gasteiger partial charge in [-0.3, -0.25) is 11.3 Å². The molecule has 1 aromatic heterocycles. The summed E-state index contributed by atoms with van der Waals surface area (Å²) < 4.78 is 0. The molecule has 3 nitrogen and oxygen atoms in total. The van der Waals surface area contributed by atoms with Gasteiger partial charge in [0.25, 0.3) is 0 Å². The second kappa shape index (κ2) is 6.28. The highest BCUT2D eigenvalue weighted by Gasteiger charge is 2.15. The van der Waals surface area contributed by atoms with Gasteiger partial charge >= 0.3 is 0 Å². The Labute approximate surface area is 107 Å². The van der Waals surface area contributed by atoms with Crippen molar-refractivity contribution in [3.8, 4) is 0 Å². The highest BCUT2D eigenvalue weighted by atomic mass is 32.1. The van der Waals surface area contributed by atoms with E-state index in [4.69, 9.17) is 5.84 Å². The molecule has 1 aliphatic rings. The Balaban J connectivity index is 2.02. The number of nitrogens with one attached hydrogen (secondary N) is 1. The van der Waals surface area contributed by atoms with Crippen LogP contribution in [0.3, 0.4) is 0 Å². The van der Waals surface area contributed by atoms with Gasteiger partial charge in [0.1, 0.15) is 0 Å². The van der Waals surface area contributed by atoms with Crippen LogP contribution in [-0.4, -0.2) is 11.0 Å². The standard InChI is InChI=1S/C13H21N3S/c1-10-15-12(9-17-10)8-13(16-14)11-6-4-2-3-5-7-11/h6,9,13,16H,2-5,7-8,14H2,1H3. The van der Waals surface area contributed by atoms with E-state index in [9.17, 15) is 0 Å². The summed E-state index contributed by atoms with van der Waals surface area (Å²) in [6.07, 6.45) is 9.61. The molecule has 4 heteroatoms. The van der Waals surface area contributed by atoms with Crippen LogP contribution in [0.1, 0.15) is 42.8 Å². The van der Waals surface area contributed by atoms with Gasteiger partial charge in [-0.1, -0.05) is 18.1 Å². The van der Waals surface area contributed by atoms with Crippen LogP contribution >= 0.6 is 11.3 Å². The predicted octanol–water partition coefficient (Wildman–Crippen LogP) is 2.72. The Bertz CT molecular complexity index is 384. The van der Waals surface area contributed by atoms with Crippen molar-refractivity contribution in [2.45, 2.75) is 51.5 Å². The number of allylic oxidation sites excluding steroid dienone is 1. The summed E-state index contributed by atoms with van der Waals surface area (Å²) in [6, 6.07) is 0.259. The Morgan fingerprint density at radius 2 is 2.35 bits per heavy atom.